The lowest BCUT2D eigenvalue weighted by molar-refractivity contribution is -0.212. The molecule has 1 amide bonds. The zero-order chi connectivity index (χ0) is 27.7. The van der Waals surface area contributed by atoms with Gasteiger partial charge in [-0.15, -0.1) is 5.10 Å². The van der Waals surface area contributed by atoms with Crippen molar-refractivity contribution in [2.45, 2.75) is 69.0 Å². The van der Waals surface area contributed by atoms with E-state index >= 15 is 0 Å². The van der Waals surface area contributed by atoms with Crippen LogP contribution in [0.2, 0.25) is 0 Å². The standard InChI is InChI=1S/C26H31F2N5O6/c1-13-3-5-16(23(28)22(13)27)18-11-33(32-30-18)24-25(36)20(12-34)38-19(26(24)37-2)10-15-9-17(31-39-15)14-4-6-21(35)29-8-7-14/h3,5,9,11,14,19-20,24-26,34,36H,4,6-8,10,12H2,1-2H3,(H,29,35)/t14-,19-,20-,24+,25+,26+/m1/s1. The molecule has 2 saturated heterocycles. The minimum atomic E-state index is -1.24. The Kier molecular flexibility index (Phi) is 8.03. The molecule has 13 heteroatoms. The van der Waals surface area contributed by atoms with Crippen LogP contribution in [-0.2, 0) is 20.7 Å². The number of ether oxygens (including phenoxy) is 2. The molecular weight excluding hydrogens is 516 g/mol. The molecule has 0 unspecified atom stereocenters. The summed E-state index contributed by atoms with van der Waals surface area (Å²) in [6.07, 6.45) is -0.225. The molecule has 210 valence electrons. The number of hydrogen-bond acceptors (Lipinski definition) is 9. The number of carbonyl (C=O) groups is 1. The maximum atomic E-state index is 14.6. The predicted octanol–water partition coefficient (Wildman–Crippen LogP) is 1.82. The first-order valence-electron chi connectivity index (χ1n) is 12.9. The summed E-state index contributed by atoms with van der Waals surface area (Å²) in [6, 6.07) is 3.82. The number of amides is 1. The third-order valence-corrected chi connectivity index (χ3v) is 7.54. The smallest absolute Gasteiger partial charge is 0.220 e. The number of benzene rings is 1. The number of rotatable bonds is 7. The van der Waals surface area contributed by atoms with Crippen molar-refractivity contribution in [3.63, 3.8) is 0 Å². The van der Waals surface area contributed by atoms with Crippen LogP contribution in [0.1, 0.15) is 48.2 Å². The summed E-state index contributed by atoms with van der Waals surface area (Å²) in [5.74, 6) is -1.40. The van der Waals surface area contributed by atoms with Crippen LogP contribution >= 0.6 is 0 Å². The maximum absolute atomic E-state index is 14.6. The summed E-state index contributed by atoms with van der Waals surface area (Å²) in [6.45, 7) is 1.55. The van der Waals surface area contributed by atoms with E-state index in [4.69, 9.17) is 14.0 Å². The predicted molar refractivity (Wildman–Crippen MR) is 132 cm³/mol. The van der Waals surface area contributed by atoms with Crippen molar-refractivity contribution >= 4 is 5.91 Å². The molecule has 4 heterocycles. The van der Waals surface area contributed by atoms with Gasteiger partial charge >= 0.3 is 0 Å². The second-order valence-electron chi connectivity index (χ2n) is 10.0. The van der Waals surface area contributed by atoms with Crippen LogP contribution in [0.5, 0.6) is 0 Å². The molecule has 2 aliphatic heterocycles. The van der Waals surface area contributed by atoms with E-state index in [0.717, 1.165) is 12.1 Å². The van der Waals surface area contributed by atoms with E-state index in [1.165, 1.54) is 37.0 Å². The Morgan fingerprint density at radius 1 is 1.23 bits per heavy atom. The van der Waals surface area contributed by atoms with E-state index in [-0.39, 0.29) is 35.1 Å². The lowest BCUT2D eigenvalue weighted by atomic mass is 9.90. The van der Waals surface area contributed by atoms with Crippen LogP contribution in [0.3, 0.4) is 0 Å². The number of aryl methyl sites for hydroxylation is 1. The van der Waals surface area contributed by atoms with Crippen molar-refractivity contribution in [2.24, 2.45) is 0 Å². The second kappa shape index (κ2) is 11.5. The highest BCUT2D eigenvalue weighted by molar-refractivity contribution is 5.76. The first kappa shape index (κ1) is 27.3. The van der Waals surface area contributed by atoms with E-state index in [1.54, 1.807) is 0 Å². The lowest BCUT2D eigenvalue weighted by Crippen LogP contribution is -2.57. The minimum absolute atomic E-state index is 0.0194. The maximum Gasteiger partial charge on any atom is 0.220 e. The summed E-state index contributed by atoms with van der Waals surface area (Å²) in [4.78, 5) is 11.7. The molecule has 0 bridgehead atoms. The van der Waals surface area contributed by atoms with Crippen LogP contribution in [0, 0.1) is 18.6 Å². The third kappa shape index (κ3) is 5.44. The zero-order valence-corrected chi connectivity index (χ0v) is 21.6. The van der Waals surface area contributed by atoms with Gasteiger partial charge in [-0.1, -0.05) is 16.4 Å². The van der Waals surface area contributed by atoms with Crippen LogP contribution in [0.25, 0.3) is 11.3 Å². The van der Waals surface area contributed by atoms with Gasteiger partial charge < -0.3 is 29.5 Å². The monoisotopic (exact) mass is 547 g/mol. The number of aliphatic hydroxyl groups excluding tert-OH is 2. The number of halogens is 2. The van der Waals surface area contributed by atoms with Gasteiger partial charge in [-0.25, -0.2) is 13.5 Å². The summed E-state index contributed by atoms with van der Waals surface area (Å²) in [5, 5.41) is 36.1. The number of aliphatic hydroxyl groups is 2. The van der Waals surface area contributed by atoms with Gasteiger partial charge in [-0.2, -0.15) is 0 Å². The van der Waals surface area contributed by atoms with Crippen molar-refractivity contribution in [3.8, 4) is 11.3 Å². The molecule has 0 saturated carbocycles. The Balaban J connectivity index is 1.39. The van der Waals surface area contributed by atoms with Gasteiger partial charge in [0.05, 0.1) is 24.6 Å². The van der Waals surface area contributed by atoms with Gasteiger partial charge in [-0.3, -0.25) is 4.79 Å². The van der Waals surface area contributed by atoms with Crippen molar-refractivity contribution < 1.29 is 37.8 Å². The van der Waals surface area contributed by atoms with E-state index in [0.29, 0.717) is 25.1 Å². The van der Waals surface area contributed by atoms with Gasteiger partial charge in [0.15, 0.2) is 11.6 Å². The highest BCUT2D eigenvalue weighted by atomic mass is 19.2. The Bertz CT molecular complexity index is 1320. The highest BCUT2D eigenvalue weighted by Crippen LogP contribution is 2.35. The number of hydrogen-bond donors (Lipinski definition) is 3. The van der Waals surface area contributed by atoms with E-state index in [1.807, 2.05) is 6.07 Å². The van der Waals surface area contributed by atoms with E-state index in [2.05, 4.69) is 20.8 Å². The normalized spacial score (nSPS) is 27.8. The quantitative estimate of drug-likeness (QED) is 0.403. The molecule has 39 heavy (non-hydrogen) atoms. The Morgan fingerprint density at radius 3 is 2.82 bits per heavy atom. The van der Waals surface area contributed by atoms with Gasteiger partial charge in [0.25, 0.3) is 0 Å². The molecule has 11 nitrogen and oxygen atoms in total. The highest BCUT2D eigenvalue weighted by Gasteiger charge is 2.47. The van der Waals surface area contributed by atoms with Gasteiger partial charge in [0.1, 0.15) is 35.8 Å². The number of nitrogens with zero attached hydrogens (tertiary/aromatic N) is 4. The molecule has 3 N–H and O–H groups in total. The summed E-state index contributed by atoms with van der Waals surface area (Å²) < 4.78 is 47.4. The number of nitrogens with one attached hydrogen (secondary N) is 1. The molecule has 1 aromatic carbocycles. The fraction of sp³-hybridized carbons (Fsp3) is 0.538. The molecule has 2 aromatic heterocycles. The van der Waals surface area contributed by atoms with Crippen molar-refractivity contribution in [1.82, 2.24) is 25.5 Å². The van der Waals surface area contributed by atoms with Gasteiger partial charge in [-0.05, 0) is 31.4 Å². The second-order valence-corrected chi connectivity index (χ2v) is 10.0. The van der Waals surface area contributed by atoms with Gasteiger partial charge in [0, 0.05) is 44.0 Å². The van der Waals surface area contributed by atoms with Crippen LogP contribution in [0.4, 0.5) is 8.78 Å². The molecular formula is C26H31F2N5O6. The number of aromatic nitrogens is 4. The molecule has 2 aliphatic rings. The topological polar surface area (TPSA) is 145 Å². The van der Waals surface area contributed by atoms with Gasteiger partial charge in [0.2, 0.25) is 5.91 Å². The molecule has 3 aromatic rings. The van der Waals surface area contributed by atoms with Crippen molar-refractivity contribution in [2.75, 3.05) is 20.3 Å². The largest absolute Gasteiger partial charge is 0.394 e. The Morgan fingerprint density at radius 2 is 2.05 bits per heavy atom. The Labute approximate surface area is 223 Å². The first-order valence-corrected chi connectivity index (χ1v) is 12.9. The van der Waals surface area contributed by atoms with E-state index in [9.17, 15) is 23.8 Å². The van der Waals surface area contributed by atoms with Crippen molar-refractivity contribution in [3.05, 3.63) is 53.0 Å². The molecule has 5 rings (SSSR count). The summed E-state index contributed by atoms with van der Waals surface area (Å²) in [5.41, 5.74) is 0.916. The molecule has 0 spiro atoms. The first-order chi connectivity index (χ1) is 18.8. The minimum Gasteiger partial charge on any atom is -0.394 e. The number of methoxy groups -OCH3 is 1. The average molecular weight is 548 g/mol. The molecule has 6 atom stereocenters. The average Bonchev–Trinajstić information content (AvgIpc) is 3.54. The Hall–Kier alpha value is -3.26. The summed E-state index contributed by atoms with van der Waals surface area (Å²) >= 11 is 0. The third-order valence-electron chi connectivity index (χ3n) is 7.54. The SMILES string of the molecule is CO[C@@H]1[C@@H](n2cc(-c3ccc(C)c(F)c3F)nn2)[C@@H](O)[C@@H](CO)O[C@@H]1Cc1cc([C@H]2CCNC(=O)CC2)no1. The van der Waals surface area contributed by atoms with Crippen LogP contribution in [-0.4, -0.2) is 80.9 Å². The zero-order valence-electron chi connectivity index (χ0n) is 21.6. The fourth-order valence-electron chi connectivity index (χ4n) is 5.36. The van der Waals surface area contributed by atoms with Crippen LogP contribution < -0.4 is 5.32 Å². The van der Waals surface area contributed by atoms with Crippen molar-refractivity contribution in [1.29, 1.82) is 0 Å². The fourth-order valence-corrected chi connectivity index (χ4v) is 5.36. The lowest BCUT2D eigenvalue weighted by Gasteiger charge is -2.43. The molecule has 2 fully saturated rings. The summed E-state index contributed by atoms with van der Waals surface area (Å²) in [7, 11) is 1.45. The van der Waals surface area contributed by atoms with E-state index < -0.39 is 48.7 Å². The molecule has 0 aliphatic carbocycles. The van der Waals surface area contributed by atoms with Crippen LogP contribution in [0.15, 0.2) is 28.9 Å². The molecule has 0 radical (unpaired) electrons. The number of carbonyl (C=O) groups excluding carboxylic acids is 1.